The molecule has 2 aliphatic rings. The summed E-state index contributed by atoms with van der Waals surface area (Å²) < 4.78 is 6.08. The number of benzene rings is 1. The van der Waals surface area contributed by atoms with E-state index in [1.54, 1.807) is 0 Å². The van der Waals surface area contributed by atoms with Crippen molar-refractivity contribution in [2.75, 3.05) is 6.54 Å². The zero-order chi connectivity index (χ0) is 11.7. The average molecular weight is 231 g/mol. The molecule has 2 nitrogen and oxygen atoms in total. The first-order valence-corrected chi connectivity index (χ1v) is 6.80. The number of rotatable bonds is 2. The van der Waals surface area contributed by atoms with Gasteiger partial charge < -0.3 is 10.1 Å². The molecule has 0 spiro atoms. The third-order valence-corrected chi connectivity index (χ3v) is 4.01. The molecule has 2 heteroatoms. The van der Waals surface area contributed by atoms with Crippen LogP contribution in [0.4, 0.5) is 0 Å². The zero-order valence-electron chi connectivity index (χ0n) is 10.5. The minimum atomic E-state index is 0.444. The number of hydrogen-bond donors (Lipinski definition) is 1. The maximum absolute atomic E-state index is 6.08. The minimum absolute atomic E-state index is 0.444. The summed E-state index contributed by atoms with van der Waals surface area (Å²) in [6.07, 6.45) is 5.35. The zero-order valence-corrected chi connectivity index (χ0v) is 10.5. The van der Waals surface area contributed by atoms with Crippen LogP contribution in [0.5, 0.6) is 5.75 Å². The average Bonchev–Trinajstić information content (AvgIpc) is 2.75. The summed E-state index contributed by atoms with van der Waals surface area (Å²) in [4.78, 5) is 0. The van der Waals surface area contributed by atoms with Gasteiger partial charge in [0.2, 0.25) is 0 Å². The van der Waals surface area contributed by atoms with Gasteiger partial charge in [-0.1, -0.05) is 13.0 Å². The molecule has 0 aromatic heterocycles. The fourth-order valence-corrected chi connectivity index (χ4v) is 2.98. The summed E-state index contributed by atoms with van der Waals surface area (Å²) >= 11 is 0. The fraction of sp³-hybridized carbons (Fsp3) is 0.600. The number of fused-ring (bicyclic) bond motifs is 1. The lowest BCUT2D eigenvalue weighted by Crippen LogP contribution is -2.23. The van der Waals surface area contributed by atoms with E-state index in [1.165, 1.54) is 30.4 Å². The van der Waals surface area contributed by atoms with Crippen LogP contribution in [0.3, 0.4) is 0 Å². The van der Waals surface area contributed by atoms with Gasteiger partial charge in [0.25, 0.3) is 0 Å². The van der Waals surface area contributed by atoms with Gasteiger partial charge >= 0.3 is 0 Å². The van der Waals surface area contributed by atoms with Crippen LogP contribution in [0.2, 0.25) is 0 Å². The predicted octanol–water partition coefficient (Wildman–Crippen LogP) is 2.90. The second kappa shape index (κ2) is 4.69. The molecule has 1 saturated carbocycles. The van der Waals surface area contributed by atoms with E-state index in [9.17, 15) is 0 Å². The van der Waals surface area contributed by atoms with Gasteiger partial charge in [-0.2, -0.15) is 0 Å². The lowest BCUT2D eigenvalue weighted by atomic mass is 10.0. The summed E-state index contributed by atoms with van der Waals surface area (Å²) in [5, 5.41) is 3.41. The molecule has 3 rings (SSSR count). The van der Waals surface area contributed by atoms with Crippen molar-refractivity contribution >= 4 is 0 Å². The maximum atomic E-state index is 6.08. The molecule has 0 saturated heterocycles. The Hall–Kier alpha value is -1.02. The molecular weight excluding hydrogens is 210 g/mol. The van der Waals surface area contributed by atoms with Crippen LogP contribution >= 0.6 is 0 Å². The Balaban J connectivity index is 1.71. The van der Waals surface area contributed by atoms with Gasteiger partial charge in [0.05, 0.1) is 6.10 Å². The SMILES string of the molecule is CC1CCC(Oc2ccc3c(c2)CNCC3)C1. The molecule has 92 valence electrons. The topological polar surface area (TPSA) is 21.3 Å². The van der Waals surface area contributed by atoms with Crippen LogP contribution < -0.4 is 10.1 Å². The summed E-state index contributed by atoms with van der Waals surface area (Å²) in [6.45, 7) is 4.42. The van der Waals surface area contributed by atoms with E-state index in [0.717, 1.165) is 31.2 Å². The molecule has 0 bridgehead atoms. The van der Waals surface area contributed by atoms with E-state index in [-0.39, 0.29) is 0 Å². The van der Waals surface area contributed by atoms with Crippen molar-refractivity contribution in [3.05, 3.63) is 29.3 Å². The maximum Gasteiger partial charge on any atom is 0.120 e. The Bertz CT molecular complexity index is 402. The third kappa shape index (κ3) is 2.47. The standard InChI is InChI=1S/C15H21NO/c1-11-2-4-14(8-11)17-15-5-3-12-6-7-16-10-13(12)9-15/h3,5,9,11,14,16H,2,4,6-8,10H2,1H3. The highest BCUT2D eigenvalue weighted by Crippen LogP contribution is 2.29. The Morgan fingerprint density at radius 1 is 1.24 bits per heavy atom. The fourth-order valence-electron chi connectivity index (χ4n) is 2.98. The van der Waals surface area contributed by atoms with E-state index in [2.05, 4.69) is 30.4 Å². The first kappa shape index (κ1) is 11.1. The van der Waals surface area contributed by atoms with Gasteiger partial charge in [-0.05, 0) is 61.4 Å². The van der Waals surface area contributed by atoms with Gasteiger partial charge in [-0.3, -0.25) is 0 Å². The molecular formula is C15H21NO. The molecule has 1 aromatic rings. The molecule has 1 N–H and O–H groups in total. The summed E-state index contributed by atoms with van der Waals surface area (Å²) in [5.41, 5.74) is 2.90. The van der Waals surface area contributed by atoms with Gasteiger partial charge in [-0.15, -0.1) is 0 Å². The summed E-state index contributed by atoms with van der Waals surface area (Å²) in [6, 6.07) is 6.61. The van der Waals surface area contributed by atoms with Crippen molar-refractivity contribution in [1.29, 1.82) is 0 Å². The van der Waals surface area contributed by atoms with Crippen molar-refractivity contribution in [1.82, 2.24) is 5.32 Å². The molecule has 0 radical (unpaired) electrons. The van der Waals surface area contributed by atoms with Crippen LogP contribution in [0.25, 0.3) is 0 Å². The van der Waals surface area contributed by atoms with E-state index < -0.39 is 0 Å². The summed E-state index contributed by atoms with van der Waals surface area (Å²) in [7, 11) is 0. The monoisotopic (exact) mass is 231 g/mol. The third-order valence-electron chi connectivity index (χ3n) is 4.01. The molecule has 2 unspecified atom stereocenters. The van der Waals surface area contributed by atoms with Crippen LogP contribution in [-0.2, 0) is 13.0 Å². The smallest absolute Gasteiger partial charge is 0.120 e. The second-order valence-corrected chi connectivity index (χ2v) is 5.52. The van der Waals surface area contributed by atoms with Gasteiger partial charge in [0, 0.05) is 6.54 Å². The van der Waals surface area contributed by atoms with Crippen LogP contribution in [0.15, 0.2) is 18.2 Å². The van der Waals surface area contributed by atoms with Crippen LogP contribution in [-0.4, -0.2) is 12.6 Å². The van der Waals surface area contributed by atoms with Crippen molar-refractivity contribution in [3.63, 3.8) is 0 Å². The Labute approximate surface area is 103 Å². The normalized spacial score (nSPS) is 27.8. The lowest BCUT2D eigenvalue weighted by molar-refractivity contribution is 0.205. The molecule has 1 fully saturated rings. The second-order valence-electron chi connectivity index (χ2n) is 5.52. The molecule has 2 atom stereocenters. The minimum Gasteiger partial charge on any atom is -0.490 e. The quantitative estimate of drug-likeness (QED) is 0.845. The Kier molecular flexibility index (Phi) is 3.06. The summed E-state index contributed by atoms with van der Waals surface area (Å²) in [5.74, 6) is 1.89. The van der Waals surface area contributed by atoms with Gasteiger partial charge in [0.15, 0.2) is 0 Å². The van der Waals surface area contributed by atoms with E-state index in [4.69, 9.17) is 4.74 Å². The lowest BCUT2D eigenvalue weighted by Gasteiger charge is -2.19. The highest BCUT2D eigenvalue weighted by molar-refractivity contribution is 5.37. The van der Waals surface area contributed by atoms with Crippen molar-refractivity contribution in [2.45, 2.75) is 45.3 Å². The van der Waals surface area contributed by atoms with Crippen LogP contribution in [0, 0.1) is 5.92 Å². The van der Waals surface area contributed by atoms with Crippen molar-refractivity contribution in [3.8, 4) is 5.75 Å². The first-order chi connectivity index (χ1) is 8.31. The number of nitrogens with one attached hydrogen (secondary N) is 1. The number of hydrogen-bond acceptors (Lipinski definition) is 2. The first-order valence-electron chi connectivity index (χ1n) is 6.80. The Morgan fingerprint density at radius 2 is 2.18 bits per heavy atom. The molecule has 1 aromatic carbocycles. The molecule has 1 aliphatic heterocycles. The van der Waals surface area contributed by atoms with Crippen LogP contribution in [0.1, 0.15) is 37.3 Å². The van der Waals surface area contributed by atoms with E-state index in [1.807, 2.05) is 0 Å². The van der Waals surface area contributed by atoms with Crippen molar-refractivity contribution < 1.29 is 4.74 Å². The molecule has 0 amide bonds. The predicted molar refractivity (Wildman–Crippen MR) is 69.3 cm³/mol. The Morgan fingerprint density at radius 3 is 3.00 bits per heavy atom. The van der Waals surface area contributed by atoms with E-state index >= 15 is 0 Å². The van der Waals surface area contributed by atoms with E-state index in [0.29, 0.717) is 6.10 Å². The molecule has 1 aliphatic carbocycles. The van der Waals surface area contributed by atoms with Crippen molar-refractivity contribution in [2.24, 2.45) is 5.92 Å². The van der Waals surface area contributed by atoms with Gasteiger partial charge in [0.1, 0.15) is 5.75 Å². The number of ether oxygens (including phenoxy) is 1. The highest BCUT2D eigenvalue weighted by Gasteiger charge is 2.23. The molecule has 1 heterocycles. The highest BCUT2D eigenvalue weighted by atomic mass is 16.5. The van der Waals surface area contributed by atoms with Gasteiger partial charge in [-0.25, -0.2) is 0 Å². The largest absolute Gasteiger partial charge is 0.490 e. The molecule has 17 heavy (non-hydrogen) atoms.